The van der Waals surface area contributed by atoms with E-state index in [1.165, 1.54) is 16.7 Å². The minimum atomic E-state index is -0.520. The van der Waals surface area contributed by atoms with E-state index in [2.05, 4.69) is 43.1 Å². The first kappa shape index (κ1) is 20.6. The molecule has 0 amide bonds. The molecule has 2 aromatic rings. The lowest BCUT2D eigenvalue weighted by atomic mass is 9.92. The van der Waals surface area contributed by atoms with Gasteiger partial charge in [0.05, 0.1) is 17.9 Å². The number of thiol groups is 1. The molecule has 0 bridgehead atoms. The number of rotatable bonds is 4. The van der Waals surface area contributed by atoms with Crippen LogP contribution in [-0.4, -0.2) is 30.5 Å². The summed E-state index contributed by atoms with van der Waals surface area (Å²) in [6.45, 7) is 9.04. The summed E-state index contributed by atoms with van der Waals surface area (Å²) in [7, 11) is 0. The summed E-state index contributed by atoms with van der Waals surface area (Å²) in [6, 6.07) is 12.0. The van der Waals surface area contributed by atoms with Crippen LogP contribution < -0.4 is 10.1 Å². The Bertz CT molecular complexity index is 857. The number of anilines is 1. The molecule has 2 aromatic carbocycles. The summed E-state index contributed by atoms with van der Waals surface area (Å²) in [5.74, 6) is 1.48. The molecule has 1 unspecified atom stereocenters. The van der Waals surface area contributed by atoms with Crippen molar-refractivity contribution in [1.29, 1.82) is 0 Å². The molecule has 1 aliphatic heterocycles. The molecular weight excluding hydrogens is 370 g/mol. The van der Waals surface area contributed by atoms with Crippen LogP contribution >= 0.6 is 12.6 Å². The first-order valence-electron chi connectivity index (χ1n) is 9.71. The van der Waals surface area contributed by atoms with Crippen molar-refractivity contribution in [2.45, 2.75) is 45.6 Å². The Morgan fingerprint density at radius 3 is 2.75 bits per heavy atom. The lowest BCUT2D eigenvalue weighted by Gasteiger charge is -2.20. The molecule has 0 aliphatic carbocycles. The van der Waals surface area contributed by atoms with Crippen LogP contribution in [0.1, 0.15) is 53.7 Å². The Morgan fingerprint density at radius 2 is 2.04 bits per heavy atom. The third kappa shape index (κ3) is 5.02. The molecule has 1 aliphatic rings. The zero-order valence-corrected chi connectivity index (χ0v) is 17.9. The van der Waals surface area contributed by atoms with Gasteiger partial charge < -0.3 is 14.8 Å². The molecule has 0 fully saturated rings. The number of hydrogen-bond donors (Lipinski definition) is 2. The summed E-state index contributed by atoms with van der Waals surface area (Å²) >= 11 is 4.41. The molecule has 0 radical (unpaired) electrons. The van der Waals surface area contributed by atoms with Crippen LogP contribution in [0.4, 0.5) is 5.69 Å². The van der Waals surface area contributed by atoms with Crippen LogP contribution in [0.25, 0.3) is 0 Å². The smallest absolute Gasteiger partial charge is 0.338 e. The van der Waals surface area contributed by atoms with Gasteiger partial charge in [0, 0.05) is 12.5 Å². The Labute approximate surface area is 173 Å². The minimum Gasteiger partial charge on any atom is -0.491 e. The van der Waals surface area contributed by atoms with Gasteiger partial charge in [-0.3, -0.25) is 0 Å². The SMILES string of the molecule is Cc1ccc(C2CNc3cc(C(=O)OC(C)(C)C)ccc3OC2)c(CCS)c1. The number of aryl methyl sites for hydroxylation is 2. The first-order valence-corrected chi connectivity index (χ1v) is 10.3. The summed E-state index contributed by atoms with van der Waals surface area (Å²) in [4.78, 5) is 12.4. The zero-order valence-electron chi connectivity index (χ0n) is 17.0. The lowest BCUT2D eigenvalue weighted by Crippen LogP contribution is -2.23. The van der Waals surface area contributed by atoms with Crippen LogP contribution in [0, 0.1) is 6.92 Å². The van der Waals surface area contributed by atoms with E-state index in [0.29, 0.717) is 12.2 Å². The summed E-state index contributed by atoms with van der Waals surface area (Å²) in [6.07, 6.45) is 0.937. The maximum absolute atomic E-state index is 12.4. The summed E-state index contributed by atoms with van der Waals surface area (Å²) < 4.78 is 11.6. The highest BCUT2D eigenvalue weighted by Crippen LogP contribution is 2.33. The second-order valence-electron chi connectivity index (χ2n) is 8.28. The number of nitrogens with one attached hydrogen (secondary N) is 1. The van der Waals surface area contributed by atoms with E-state index in [1.54, 1.807) is 6.07 Å². The molecule has 1 heterocycles. The normalized spacial score (nSPS) is 16.4. The number of esters is 1. The van der Waals surface area contributed by atoms with Gasteiger partial charge >= 0.3 is 5.97 Å². The first-order chi connectivity index (χ1) is 13.3. The highest BCUT2D eigenvalue weighted by atomic mass is 32.1. The van der Waals surface area contributed by atoms with Crippen molar-refractivity contribution in [2.75, 3.05) is 24.2 Å². The number of carbonyl (C=O) groups is 1. The largest absolute Gasteiger partial charge is 0.491 e. The molecular formula is C23H29NO3S. The molecule has 0 saturated heterocycles. The Balaban J connectivity index is 1.79. The van der Waals surface area contributed by atoms with E-state index in [1.807, 2.05) is 32.9 Å². The molecule has 4 nitrogen and oxygen atoms in total. The topological polar surface area (TPSA) is 47.6 Å². The van der Waals surface area contributed by atoms with E-state index < -0.39 is 5.60 Å². The van der Waals surface area contributed by atoms with Crippen LogP contribution in [0.5, 0.6) is 5.75 Å². The summed E-state index contributed by atoms with van der Waals surface area (Å²) in [5, 5.41) is 3.46. The Kier molecular flexibility index (Phi) is 6.23. The fraction of sp³-hybridized carbons (Fsp3) is 0.435. The van der Waals surface area contributed by atoms with Gasteiger partial charge in [-0.1, -0.05) is 23.8 Å². The van der Waals surface area contributed by atoms with E-state index in [0.717, 1.165) is 30.2 Å². The lowest BCUT2D eigenvalue weighted by molar-refractivity contribution is 0.00696. The van der Waals surface area contributed by atoms with Gasteiger partial charge in [0.1, 0.15) is 11.4 Å². The van der Waals surface area contributed by atoms with Crippen molar-refractivity contribution < 1.29 is 14.3 Å². The second-order valence-corrected chi connectivity index (χ2v) is 8.72. The highest BCUT2D eigenvalue weighted by molar-refractivity contribution is 7.80. The van der Waals surface area contributed by atoms with Gasteiger partial charge in [-0.05, 0) is 69.2 Å². The van der Waals surface area contributed by atoms with Gasteiger partial charge in [0.15, 0.2) is 0 Å². The van der Waals surface area contributed by atoms with Crippen LogP contribution in [0.3, 0.4) is 0 Å². The second kappa shape index (κ2) is 8.48. The molecule has 150 valence electrons. The van der Waals surface area contributed by atoms with Crippen LogP contribution in [0.15, 0.2) is 36.4 Å². The van der Waals surface area contributed by atoms with Gasteiger partial charge in [-0.2, -0.15) is 12.6 Å². The average molecular weight is 400 g/mol. The molecule has 0 spiro atoms. The average Bonchev–Trinajstić information content (AvgIpc) is 2.83. The molecule has 28 heavy (non-hydrogen) atoms. The predicted octanol–water partition coefficient (Wildman–Crippen LogP) is 5.01. The van der Waals surface area contributed by atoms with E-state index in [9.17, 15) is 4.79 Å². The number of hydrogen-bond acceptors (Lipinski definition) is 5. The standard InChI is InChI=1S/C23H29NO3S/c1-15-5-7-19(16(11-15)9-10-28)18-13-24-20-12-17(6-8-21(20)26-14-18)22(25)27-23(2,3)4/h5-8,11-12,18,24,28H,9-10,13-14H2,1-4H3. The fourth-order valence-electron chi connectivity index (χ4n) is 3.41. The Hall–Kier alpha value is -2.14. The monoisotopic (exact) mass is 399 g/mol. The number of fused-ring (bicyclic) bond motifs is 1. The van der Waals surface area contributed by atoms with Crippen molar-refractivity contribution >= 4 is 24.3 Å². The van der Waals surface area contributed by atoms with Crippen molar-refractivity contribution in [3.63, 3.8) is 0 Å². The van der Waals surface area contributed by atoms with E-state index in [-0.39, 0.29) is 11.9 Å². The maximum atomic E-state index is 12.4. The minimum absolute atomic E-state index is 0.230. The third-order valence-corrected chi connectivity index (χ3v) is 4.94. The Morgan fingerprint density at radius 1 is 1.25 bits per heavy atom. The summed E-state index contributed by atoms with van der Waals surface area (Å²) in [5.41, 5.74) is 4.71. The van der Waals surface area contributed by atoms with Gasteiger partial charge in [-0.25, -0.2) is 4.79 Å². The van der Waals surface area contributed by atoms with Crippen LogP contribution in [-0.2, 0) is 11.2 Å². The predicted molar refractivity (Wildman–Crippen MR) is 117 cm³/mol. The molecule has 3 rings (SSSR count). The third-order valence-electron chi connectivity index (χ3n) is 4.71. The molecule has 1 N–H and O–H groups in total. The van der Waals surface area contributed by atoms with Crippen LogP contribution in [0.2, 0.25) is 0 Å². The number of benzene rings is 2. The molecule has 1 atom stereocenters. The van der Waals surface area contributed by atoms with E-state index in [4.69, 9.17) is 9.47 Å². The molecule has 0 saturated carbocycles. The van der Waals surface area contributed by atoms with Crippen molar-refractivity contribution in [1.82, 2.24) is 0 Å². The van der Waals surface area contributed by atoms with Gasteiger partial charge in [-0.15, -0.1) is 0 Å². The molecule has 0 aromatic heterocycles. The fourth-order valence-corrected chi connectivity index (χ4v) is 3.65. The maximum Gasteiger partial charge on any atom is 0.338 e. The van der Waals surface area contributed by atoms with Crippen molar-refractivity contribution in [3.8, 4) is 5.75 Å². The zero-order chi connectivity index (χ0) is 20.3. The van der Waals surface area contributed by atoms with Gasteiger partial charge in [0.25, 0.3) is 0 Å². The molecule has 5 heteroatoms. The van der Waals surface area contributed by atoms with Gasteiger partial charge in [0.2, 0.25) is 0 Å². The number of carbonyl (C=O) groups excluding carboxylic acids is 1. The number of ether oxygens (including phenoxy) is 2. The van der Waals surface area contributed by atoms with E-state index >= 15 is 0 Å². The van der Waals surface area contributed by atoms with Crippen molar-refractivity contribution in [2.24, 2.45) is 0 Å². The van der Waals surface area contributed by atoms with Crippen molar-refractivity contribution in [3.05, 3.63) is 58.7 Å². The quantitative estimate of drug-likeness (QED) is 0.560. The highest BCUT2D eigenvalue weighted by Gasteiger charge is 2.23.